The normalized spacial score (nSPS) is 13.5. The van der Waals surface area contributed by atoms with E-state index in [1.807, 2.05) is 36.5 Å². The maximum Gasteiger partial charge on any atom is 0.131 e. The predicted octanol–water partition coefficient (Wildman–Crippen LogP) is 2.10. The summed E-state index contributed by atoms with van der Waals surface area (Å²) in [6.45, 7) is 0.866. The zero-order valence-corrected chi connectivity index (χ0v) is 8.71. The summed E-state index contributed by atoms with van der Waals surface area (Å²) < 4.78 is 0. The lowest BCUT2D eigenvalue weighted by Crippen LogP contribution is -2.16. The summed E-state index contributed by atoms with van der Waals surface area (Å²) in [6.07, 6.45) is 0.458. The van der Waals surface area contributed by atoms with Crippen LogP contribution in [0.2, 0.25) is 0 Å². The molecular formula is C9H14NO2S. The molecule has 13 heavy (non-hydrogen) atoms. The van der Waals surface area contributed by atoms with Gasteiger partial charge in [-0.2, -0.15) is 4.89 Å². The van der Waals surface area contributed by atoms with Crippen molar-refractivity contribution in [3.63, 3.8) is 0 Å². The molecule has 0 saturated heterocycles. The fourth-order valence-corrected chi connectivity index (χ4v) is 1.87. The van der Waals surface area contributed by atoms with Crippen LogP contribution in [0.3, 0.4) is 0 Å². The van der Waals surface area contributed by atoms with Crippen molar-refractivity contribution in [2.45, 2.75) is 12.5 Å². The van der Waals surface area contributed by atoms with Crippen LogP contribution >= 0.6 is 11.3 Å². The summed E-state index contributed by atoms with van der Waals surface area (Å²) in [5.74, 6) is 0. The van der Waals surface area contributed by atoms with Crippen molar-refractivity contribution in [2.24, 2.45) is 0 Å². The van der Waals surface area contributed by atoms with Gasteiger partial charge in [-0.15, -0.1) is 11.3 Å². The largest absolute Gasteiger partial charge is 0.309 e. The Balaban J connectivity index is 2.44. The van der Waals surface area contributed by atoms with Crippen molar-refractivity contribution in [1.29, 1.82) is 0 Å². The molecule has 0 aliphatic carbocycles. The molecule has 0 fully saturated rings. The second-order valence-electron chi connectivity index (χ2n) is 3.19. The molecule has 1 atom stereocenters. The van der Waals surface area contributed by atoms with Crippen LogP contribution in [0.1, 0.15) is 17.4 Å². The van der Waals surface area contributed by atoms with Gasteiger partial charge in [0.15, 0.2) is 0 Å². The van der Waals surface area contributed by atoms with Crippen LogP contribution in [0.4, 0.5) is 0 Å². The van der Waals surface area contributed by atoms with Crippen molar-refractivity contribution in [1.82, 2.24) is 4.90 Å². The lowest BCUT2D eigenvalue weighted by Gasteiger charge is -2.13. The Morgan fingerprint density at radius 1 is 1.62 bits per heavy atom. The quantitative estimate of drug-likeness (QED) is 0.538. The fraction of sp³-hybridized carbons (Fsp3) is 0.556. The molecular weight excluding hydrogens is 186 g/mol. The van der Waals surface area contributed by atoms with Crippen molar-refractivity contribution < 1.29 is 10.1 Å². The zero-order chi connectivity index (χ0) is 9.68. The Hall–Kier alpha value is -0.420. The lowest BCUT2D eigenvalue weighted by atomic mass is 10.2. The van der Waals surface area contributed by atoms with E-state index in [0.29, 0.717) is 0 Å². The van der Waals surface area contributed by atoms with E-state index in [1.54, 1.807) is 11.3 Å². The van der Waals surface area contributed by atoms with Crippen molar-refractivity contribution >= 4 is 11.3 Å². The molecule has 1 aromatic rings. The lowest BCUT2D eigenvalue weighted by molar-refractivity contribution is -0.338. The summed E-state index contributed by atoms with van der Waals surface area (Å²) in [4.78, 5) is 7.23. The molecule has 0 bridgehead atoms. The Kier molecular flexibility index (Phi) is 4.38. The molecule has 1 heterocycles. The molecule has 0 aliphatic heterocycles. The molecule has 0 aliphatic rings. The van der Waals surface area contributed by atoms with Crippen molar-refractivity contribution in [3.05, 3.63) is 22.4 Å². The third-order valence-corrected chi connectivity index (χ3v) is 2.78. The highest BCUT2D eigenvalue weighted by atomic mass is 32.1. The van der Waals surface area contributed by atoms with Gasteiger partial charge in [-0.1, -0.05) is 6.07 Å². The van der Waals surface area contributed by atoms with Crippen LogP contribution < -0.4 is 0 Å². The molecule has 3 nitrogen and oxygen atoms in total. The van der Waals surface area contributed by atoms with E-state index in [0.717, 1.165) is 17.8 Å². The molecule has 0 aromatic carbocycles. The van der Waals surface area contributed by atoms with Crippen LogP contribution in [0, 0.1) is 0 Å². The van der Waals surface area contributed by atoms with E-state index >= 15 is 0 Å². The second-order valence-corrected chi connectivity index (χ2v) is 4.17. The highest BCUT2D eigenvalue weighted by molar-refractivity contribution is 7.10. The van der Waals surface area contributed by atoms with Crippen molar-refractivity contribution in [2.75, 3.05) is 20.6 Å². The monoisotopic (exact) mass is 200 g/mol. The van der Waals surface area contributed by atoms with Gasteiger partial charge in [0, 0.05) is 11.4 Å². The highest BCUT2D eigenvalue weighted by Crippen LogP contribution is 2.24. The van der Waals surface area contributed by atoms with Crippen LogP contribution in [-0.4, -0.2) is 25.5 Å². The number of hydrogen-bond acceptors (Lipinski definition) is 3. The Morgan fingerprint density at radius 2 is 2.38 bits per heavy atom. The SMILES string of the molecule is CN(C)CC[C@H](O[O])c1cccs1. The molecule has 0 spiro atoms. The molecule has 0 N–H and O–H groups in total. The molecule has 0 amide bonds. The van der Waals surface area contributed by atoms with Gasteiger partial charge >= 0.3 is 0 Å². The molecule has 73 valence electrons. The van der Waals surface area contributed by atoms with E-state index in [-0.39, 0.29) is 6.10 Å². The first-order chi connectivity index (χ1) is 6.24. The van der Waals surface area contributed by atoms with Gasteiger partial charge in [0.25, 0.3) is 0 Å². The second kappa shape index (κ2) is 5.34. The minimum atomic E-state index is -0.289. The molecule has 0 unspecified atom stereocenters. The minimum absolute atomic E-state index is 0.289. The van der Waals surface area contributed by atoms with Gasteiger partial charge in [-0.05, 0) is 37.2 Å². The van der Waals surface area contributed by atoms with Gasteiger partial charge in [-0.25, -0.2) is 0 Å². The highest BCUT2D eigenvalue weighted by Gasteiger charge is 2.13. The summed E-state index contributed by atoms with van der Waals surface area (Å²) in [5.41, 5.74) is 0. The summed E-state index contributed by atoms with van der Waals surface area (Å²) in [7, 11) is 3.96. The van der Waals surface area contributed by atoms with Crippen molar-refractivity contribution in [3.8, 4) is 0 Å². The Morgan fingerprint density at radius 3 is 2.85 bits per heavy atom. The predicted molar refractivity (Wildman–Crippen MR) is 52.0 cm³/mol. The average molecular weight is 200 g/mol. The van der Waals surface area contributed by atoms with E-state index in [1.165, 1.54) is 0 Å². The molecule has 4 heteroatoms. The Labute approximate surface area is 82.5 Å². The summed E-state index contributed by atoms with van der Waals surface area (Å²) in [5, 5.41) is 12.4. The maximum atomic E-state index is 10.4. The zero-order valence-electron chi connectivity index (χ0n) is 7.90. The first-order valence-corrected chi connectivity index (χ1v) is 5.08. The van der Waals surface area contributed by atoms with Gasteiger partial charge in [0.1, 0.15) is 6.10 Å². The number of hydrogen-bond donors (Lipinski definition) is 0. The van der Waals surface area contributed by atoms with E-state index < -0.39 is 0 Å². The van der Waals surface area contributed by atoms with Crippen LogP contribution in [0.5, 0.6) is 0 Å². The number of thiophene rings is 1. The van der Waals surface area contributed by atoms with Gasteiger partial charge < -0.3 is 4.90 Å². The maximum absolute atomic E-state index is 10.4. The van der Waals surface area contributed by atoms with E-state index in [2.05, 4.69) is 4.89 Å². The van der Waals surface area contributed by atoms with Gasteiger partial charge in [0.2, 0.25) is 0 Å². The number of rotatable bonds is 5. The number of nitrogens with zero attached hydrogens (tertiary/aromatic N) is 1. The van der Waals surface area contributed by atoms with E-state index in [9.17, 15) is 5.26 Å². The van der Waals surface area contributed by atoms with Crippen LogP contribution in [0.25, 0.3) is 0 Å². The first kappa shape index (κ1) is 10.7. The standard InChI is InChI=1S/C9H14NO2S/c1-10(2)6-5-8(12-11)9-4-3-7-13-9/h3-4,7-8H,5-6H2,1-2H3/t8-/m0/s1. The molecule has 1 aromatic heterocycles. The summed E-state index contributed by atoms with van der Waals surface area (Å²) in [6, 6.07) is 3.87. The summed E-state index contributed by atoms with van der Waals surface area (Å²) >= 11 is 1.56. The average Bonchev–Trinajstić information content (AvgIpc) is 2.58. The van der Waals surface area contributed by atoms with Crippen LogP contribution in [0.15, 0.2) is 17.5 Å². The molecule has 1 radical (unpaired) electrons. The van der Waals surface area contributed by atoms with Gasteiger partial charge in [0.05, 0.1) is 0 Å². The minimum Gasteiger partial charge on any atom is -0.309 e. The third-order valence-electron chi connectivity index (χ3n) is 1.82. The molecule has 0 saturated carbocycles. The first-order valence-electron chi connectivity index (χ1n) is 4.21. The Bertz CT molecular complexity index is 224. The van der Waals surface area contributed by atoms with E-state index in [4.69, 9.17) is 0 Å². The topological polar surface area (TPSA) is 32.4 Å². The van der Waals surface area contributed by atoms with Gasteiger partial charge in [-0.3, -0.25) is 0 Å². The molecule has 1 rings (SSSR count). The third kappa shape index (κ3) is 3.44. The smallest absolute Gasteiger partial charge is 0.131 e. The van der Waals surface area contributed by atoms with Crippen LogP contribution in [-0.2, 0) is 10.1 Å². The fourth-order valence-electron chi connectivity index (χ4n) is 1.09.